The smallest absolute Gasteiger partial charge is 0.306 e. The molecule has 0 bridgehead atoms. The highest BCUT2D eigenvalue weighted by atomic mass is 79.9. The van der Waals surface area contributed by atoms with Gasteiger partial charge in [0.05, 0.1) is 17.0 Å². The van der Waals surface area contributed by atoms with Gasteiger partial charge in [0.15, 0.2) is 0 Å². The van der Waals surface area contributed by atoms with Gasteiger partial charge in [-0.1, -0.05) is 22.9 Å². The third-order valence-corrected chi connectivity index (χ3v) is 5.13. The number of pyridine rings is 1. The number of likely N-dealkylation sites (tertiary alicyclic amines) is 1. The van der Waals surface area contributed by atoms with Crippen LogP contribution < -0.4 is 0 Å². The van der Waals surface area contributed by atoms with Gasteiger partial charge in [-0.25, -0.2) is 0 Å². The van der Waals surface area contributed by atoms with Crippen LogP contribution in [0.5, 0.6) is 0 Å². The van der Waals surface area contributed by atoms with Crippen LogP contribution in [-0.4, -0.2) is 40.0 Å². The number of rotatable bonds is 2. The average molecular weight is 391 g/mol. The van der Waals surface area contributed by atoms with Gasteiger partial charge in [0, 0.05) is 28.6 Å². The van der Waals surface area contributed by atoms with Crippen molar-refractivity contribution in [1.29, 1.82) is 0 Å². The third-order valence-electron chi connectivity index (χ3n) is 4.64. The summed E-state index contributed by atoms with van der Waals surface area (Å²) in [6.45, 7) is 4.70. The normalized spacial score (nSPS) is 21.0. The Hall–Kier alpha value is -1.95. The summed E-state index contributed by atoms with van der Waals surface area (Å²) >= 11 is 3.45. The summed E-state index contributed by atoms with van der Waals surface area (Å²) < 4.78 is 0.896. The molecule has 1 saturated heterocycles. The molecule has 2 atom stereocenters. The van der Waals surface area contributed by atoms with E-state index in [0.717, 1.165) is 21.1 Å². The molecule has 1 aliphatic heterocycles. The highest BCUT2D eigenvalue weighted by Crippen LogP contribution is 2.28. The number of benzene rings is 1. The Morgan fingerprint density at radius 3 is 2.75 bits per heavy atom. The molecule has 1 aromatic carbocycles. The van der Waals surface area contributed by atoms with Crippen molar-refractivity contribution in [2.75, 3.05) is 13.1 Å². The number of hydrogen-bond acceptors (Lipinski definition) is 3. The summed E-state index contributed by atoms with van der Waals surface area (Å²) in [5.74, 6) is -1.26. The van der Waals surface area contributed by atoms with Crippen LogP contribution in [0.1, 0.15) is 29.4 Å². The van der Waals surface area contributed by atoms with Crippen molar-refractivity contribution in [3.8, 4) is 0 Å². The number of carboxylic acid groups (broad SMARTS) is 1. The molecule has 2 aromatic rings. The zero-order chi connectivity index (χ0) is 17.4. The fourth-order valence-electron chi connectivity index (χ4n) is 3.37. The summed E-state index contributed by atoms with van der Waals surface area (Å²) in [7, 11) is 0. The second-order valence-electron chi connectivity index (χ2n) is 6.43. The summed E-state index contributed by atoms with van der Waals surface area (Å²) in [4.78, 5) is 30.5. The maximum absolute atomic E-state index is 13.0. The standard InChI is InChI=1S/C18H19BrN2O3/c1-10-9-21(6-5-13(10)18(23)24)17(22)15-7-11(2)20-16-4-3-12(19)8-14(15)16/h3-4,7-8,10,13H,5-6,9H2,1-2H3,(H,23,24). The van der Waals surface area contributed by atoms with E-state index in [1.165, 1.54) is 0 Å². The van der Waals surface area contributed by atoms with Crippen LogP contribution in [0.25, 0.3) is 10.9 Å². The van der Waals surface area contributed by atoms with E-state index < -0.39 is 5.97 Å². The summed E-state index contributed by atoms with van der Waals surface area (Å²) in [6.07, 6.45) is 0.494. The molecule has 0 saturated carbocycles. The molecule has 0 aliphatic carbocycles. The van der Waals surface area contributed by atoms with Crippen molar-refractivity contribution in [2.45, 2.75) is 20.3 Å². The Balaban J connectivity index is 1.95. The van der Waals surface area contributed by atoms with Gasteiger partial charge in [-0.05, 0) is 43.5 Å². The van der Waals surface area contributed by atoms with Gasteiger partial charge in [0.25, 0.3) is 5.91 Å². The average Bonchev–Trinajstić information content (AvgIpc) is 2.53. The Bertz CT molecular complexity index is 821. The number of piperidine rings is 1. The maximum Gasteiger partial charge on any atom is 0.306 e. The number of carbonyl (C=O) groups is 2. The first kappa shape index (κ1) is 16.9. The number of aryl methyl sites for hydroxylation is 1. The molecule has 24 heavy (non-hydrogen) atoms. The number of carbonyl (C=O) groups excluding carboxylic acids is 1. The lowest BCUT2D eigenvalue weighted by Crippen LogP contribution is -2.45. The number of aromatic nitrogens is 1. The number of amides is 1. The van der Waals surface area contributed by atoms with Crippen molar-refractivity contribution in [2.24, 2.45) is 11.8 Å². The molecule has 126 valence electrons. The largest absolute Gasteiger partial charge is 0.481 e. The Kier molecular flexibility index (Phi) is 4.58. The van der Waals surface area contributed by atoms with Crippen LogP contribution >= 0.6 is 15.9 Å². The van der Waals surface area contributed by atoms with Gasteiger partial charge in [-0.2, -0.15) is 0 Å². The molecule has 3 rings (SSSR count). The molecule has 6 heteroatoms. The highest BCUT2D eigenvalue weighted by molar-refractivity contribution is 9.10. The molecule has 2 heterocycles. The van der Waals surface area contributed by atoms with Gasteiger partial charge in [0.1, 0.15) is 0 Å². The molecule has 1 aromatic heterocycles. The Labute approximate surface area is 148 Å². The van der Waals surface area contributed by atoms with Crippen LogP contribution in [0, 0.1) is 18.8 Å². The maximum atomic E-state index is 13.0. The quantitative estimate of drug-likeness (QED) is 0.851. The van der Waals surface area contributed by atoms with Gasteiger partial charge in [-0.3, -0.25) is 14.6 Å². The number of aliphatic carboxylic acids is 1. The first-order chi connectivity index (χ1) is 11.4. The van der Waals surface area contributed by atoms with E-state index in [4.69, 9.17) is 0 Å². The lowest BCUT2D eigenvalue weighted by atomic mass is 9.86. The second kappa shape index (κ2) is 6.51. The van der Waals surface area contributed by atoms with Crippen molar-refractivity contribution in [1.82, 2.24) is 9.88 Å². The van der Waals surface area contributed by atoms with E-state index in [-0.39, 0.29) is 17.7 Å². The molecule has 1 N–H and O–H groups in total. The van der Waals surface area contributed by atoms with Crippen LogP contribution in [-0.2, 0) is 4.79 Å². The van der Waals surface area contributed by atoms with Gasteiger partial charge < -0.3 is 10.0 Å². The van der Waals surface area contributed by atoms with E-state index in [1.54, 1.807) is 4.90 Å². The fraction of sp³-hybridized carbons (Fsp3) is 0.389. The topological polar surface area (TPSA) is 70.5 Å². The summed E-state index contributed by atoms with van der Waals surface area (Å²) in [6, 6.07) is 7.51. The molecular formula is C18H19BrN2O3. The minimum Gasteiger partial charge on any atom is -0.481 e. The highest BCUT2D eigenvalue weighted by Gasteiger charge is 2.33. The van der Waals surface area contributed by atoms with Crippen molar-refractivity contribution in [3.05, 3.63) is 40.0 Å². The van der Waals surface area contributed by atoms with Gasteiger partial charge >= 0.3 is 5.97 Å². The molecule has 1 aliphatic rings. The summed E-state index contributed by atoms with van der Waals surface area (Å²) in [5, 5.41) is 10.1. The number of halogens is 1. The van der Waals surface area contributed by atoms with E-state index >= 15 is 0 Å². The zero-order valence-electron chi connectivity index (χ0n) is 13.6. The third kappa shape index (κ3) is 3.15. The minimum atomic E-state index is -0.774. The number of fused-ring (bicyclic) bond motifs is 1. The lowest BCUT2D eigenvalue weighted by Gasteiger charge is -2.35. The molecule has 0 radical (unpaired) electrons. The number of nitrogens with zero attached hydrogens (tertiary/aromatic N) is 2. The SMILES string of the molecule is Cc1cc(C(=O)N2CCC(C(=O)O)C(C)C2)c2cc(Br)ccc2n1. The molecule has 1 amide bonds. The number of hydrogen-bond donors (Lipinski definition) is 1. The molecule has 5 nitrogen and oxygen atoms in total. The lowest BCUT2D eigenvalue weighted by molar-refractivity contribution is -0.145. The van der Waals surface area contributed by atoms with Gasteiger partial charge in [-0.15, -0.1) is 0 Å². The fourth-order valence-corrected chi connectivity index (χ4v) is 3.74. The van der Waals surface area contributed by atoms with E-state index in [1.807, 2.05) is 38.1 Å². The van der Waals surface area contributed by atoms with Crippen molar-refractivity contribution >= 4 is 38.7 Å². The molecule has 1 fully saturated rings. The zero-order valence-corrected chi connectivity index (χ0v) is 15.2. The van der Waals surface area contributed by atoms with E-state index in [0.29, 0.717) is 25.1 Å². The van der Waals surface area contributed by atoms with Crippen LogP contribution in [0.15, 0.2) is 28.7 Å². The first-order valence-corrected chi connectivity index (χ1v) is 8.75. The van der Waals surface area contributed by atoms with Crippen molar-refractivity contribution < 1.29 is 14.7 Å². The van der Waals surface area contributed by atoms with Gasteiger partial charge in [0.2, 0.25) is 0 Å². The molecule has 2 unspecified atom stereocenters. The summed E-state index contributed by atoms with van der Waals surface area (Å²) in [5.41, 5.74) is 2.21. The van der Waals surface area contributed by atoms with Crippen molar-refractivity contribution in [3.63, 3.8) is 0 Å². The minimum absolute atomic E-state index is 0.0545. The van der Waals surface area contributed by atoms with Crippen LogP contribution in [0.3, 0.4) is 0 Å². The molecular weight excluding hydrogens is 372 g/mol. The van der Waals surface area contributed by atoms with Crippen LogP contribution in [0.2, 0.25) is 0 Å². The number of carboxylic acids is 1. The van der Waals surface area contributed by atoms with Crippen LogP contribution in [0.4, 0.5) is 0 Å². The second-order valence-corrected chi connectivity index (χ2v) is 7.35. The molecule has 0 spiro atoms. The monoisotopic (exact) mass is 390 g/mol. The Morgan fingerprint density at radius 2 is 2.08 bits per heavy atom. The predicted octanol–water partition coefficient (Wildman–Crippen LogP) is 3.49. The first-order valence-electron chi connectivity index (χ1n) is 7.96. The Morgan fingerprint density at radius 1 is 1.33 bits per heavy atom. The van der Waals surface area contributed by atoms with E-state index in [9.17, 15) is 14.7 Å². The predicted molar refractivity (Wildman–Crippen MR) is 95.0 cm³/mol. The van der Waals surface area contributed by atoms with E-state index in [2.05, 4.69) is 20.9 Å².